The lowest BCUT2D eigenvalue weighted by Gasteiger charge is -2.38. The number of likely N-dealkylation sites (N-methyl/N-ethyl adjacent to an activating group) is 1. The van der Waals surface area contributed by atoms with Crippen molar-refractivity contribution in [2.75, 3.05) is 39.8 Å². The molecule has 2 atom stereocenters. The van der Waals surface area contributed by atoms with Gasteiger partial charge in [-0.1, -0.05) is 6.07 Å². The van der Waals surface area contributed by atoms with Crippen LogP contribution >= 0.6 is 0 Å². The molecular formula is C16H22F2N2O3. The van der Waals surface area contributed by atoms with Crippen LogP contribution in [0.1, 0.15) is 18.5 Å². The summed E-state index contributed by atoms with van der Waals surface area (Å²) >= 11 is 0. The Bertz CT molecular complexity index is 556. The van der Waals surface area contributed by atoms with Gasteiger partial charge in [0.25, 0.3) is 0 Å². The van der Waals surface area contributed by atoms with Gasteiger partial charge in [-0.3, -0.25) is 14.6 Å². The zero-order chi connectivity index (χ0) is 17.0. The first-order chi connectivity index (χ1) is 10.9. The highest BCUT2D eigenvalue weighted by Gasteiger charge is 2.27. The Labute approximate surface area is 134 Å². The maximum atomic E-state index is 13.9. The topological polar surface area (TPSA) is 53.0 Å². The third-order valence-corrected chi connectivity index (χ3v) is 4.05. The summed E-state index contributed by atoms with van der Waals surface area (Å²) in [5.74, 6) is -2.03. The zero-order valence-corrected chi connectivity index (χ0v) is 13.3. The highest BCUT2D eigenvalue weighted by Crippen LogP contribution is 2.25. The molecule has 0 aromatic heterocycles. The Morgan fingerprint density at radius 2 is 2.26 bits per heavy atom. The number of morpholine rings is 1. The van der Waals surface area contributed by atoms with E-state index in [9.17, 15) is 13.6 Å². The van der Waals surface area contributed by atoms with Crippen LogP contribution in [0.5, 0.6) is 0 Å². The molecule has 1 aromatic carbocycles. The Kier molecular flexibility index (Phi) is 6.04. The van der Waals surface area contributed by atoms with Crippen LogP contribution in [0.15, 0.2) is 18.2 Å². The summed E-state index contributed by atoms with van der Waals surface area (Å²) in [5, 5.41) is 8.79. The second-order valence-electron chi connectivity index (χ2n) is 5.92. The monoisotopic (exact) mass is 328 g/mol. The second kappa shape index (κ2) is 7.81. The van der Waals surface area contributed by atoms with Crippen molar-refractivity contribution in [3.8, 4) is 0 Å². The first-order valence-electron chi connectivity index (χ1n) is 7.57. The first kappa shape index (κ1) is 17.8. The quantitative estimate of drug-likeness (QED) is 0.862. The van der Waals surface area contributed by atoms with Crippen molar-refractivity contribution in [2.45, 2.75) is 19.1 Å². The number of carboxylic acids is 1. The number of nitrogens with zero attached hydrogens (tertiary/aromatic N) is 2. The van der Waals surface area contributed by atoms with Gasteiger partial charge in [0.1, 0.15) is 11.6 Å². The largest absolute Gasteiger partial charge is 0.480 e. The van der Waals surface area contributed by atoms with E-state index in [1.54, 1.807) is 11.9 Å². The number of hydrogen-bond donors (Lipinski definition) is 1. The van der Waals surface area contributed by atoms with Gasteiger partial charge in [-0.05, 0) is 20.0 Å². The van der Waals surface area contributed by atoms with Crippen LogP contribution in [0.2, 0.25) is 0 Å². The van der Waals surface area contributed by atoms with E-state index in [0.29, 0.717) is 31.8 Å². The molecule has 2 unspecified atom stereocenters. The number of ether oxygens (including phenoxy) is 1. The van der Waals surface area contributed by atoms with Crippen molar-refractivity contribution in [3.63, 3.8) is 0 Å². The van der Waals surface area contributed by atoms with Gasteiger partial charge in [0.2, 0.25) is 0 Å². The molecule has 5 nitrogen and oxygen atoms in total. The lowest BCUT2D eigenvalue weighted by molar-refractivity contribution is -0.138. The fourth-order valence-corrected chi connectivity index (χ4v) is 2.88. The first-order valence-corrected chi connectivity index (χ1v) is 7.57. The third kappa shape index (κ3) is 4.95. The van der Waals surface area contributed by atoms with Gasteiger partial charge in [0.05, 0.1) is 19.3 Å². The SMILES string of the molecule is CC(c1ccc(F)cc1F)N1CCOC(CN(C)CC(=O)O)C1. The van der Waals surface area contributed by atoms with Gasteiger partial charge < -0.3 is 9.84 Å². The number of carboxylic acid groups (broad SMARTS) is 1. The summed E-state index contributed by atoms with van der Waals surface area (Å²) in [4.78, 5) is 14.5. The smallest absolute Gasteiger partial charge is 0.317 e. The van der Waals surface area contributed by atoms with Crippen LogP contribution in [0.4, 0.5) is 8.78 Å². The van der Waals surface area contributed by atoms with Gasteiger partial charge in [0, 0.05) is 37.3 Å². The van der Waals surface area contributed by atoms with E-state index in [2.05, 4.69) is 4.90 Å². The summed E-state index contributed by atoms with van der Waals surface area (Å²) in [7, 11) is 1.72. The minimum absolute atomic E-state index is 0.0536. The molecule has 0 saturated carbocycles. The summed E-state index contributed by atoms with van der Waals surface area (Å²) in [6, 6.07) is 3.42. The summed E-state index contributed by atoms with van der Waals surface area (Å²) in [6.07, 6.45) is -0.140. The van der Waals surface area contributed by atoms with E-state index in [1.807, 2.05) is 6.92 Å². The second-order valence-corrected chi connectivity index (χ2v) is 5.92. The highest BCUT2D eigenvalue weighted by atomic mass is 19.1. The van der Waals surface area contributed by atoms with Crippen molar-refractivity contribution >= 4 is 5.97 Å². The maximum absolute atomic E-state index is 13.9. The molecule has 0 bridgehead atoms. The molecule has 1 aliphatic rings. The van der Waals surface area contributed by atoms with Crippen molar-refractivity contribution < 1.29 is 23.4 Å². The predicted octanol–water partition coefficient (Wildman–Crippen LogP) is 1.74. The Morgan fingerprint density at radius 3 is 2.91 bits per heavy atom. The molecule has 0 aliphatic carbocycles. The number of benzene rings is 1. The van der Waals surface area contributed by atoms with Gasteiger partial charge in [-0.2, -0.15) is 0 Å². The van der Waals surface area contributed by atoms with Crippen LogP contribution in [-0.2, 0) is 9.53 Å². The van der Waals surface area contributed by atoms with Gasteiger partial charge in [0.15, 0.2) is 0 Å². The zero-order valence-electron chi connectivity index (χ0n) is 13.3. The van der Waals surface area contributed by atoms with Crippen LogP contribution in [0, 0.1) is 11.6 Å². The molecule has 2 rings (SSSR count). The Hall–Kier alpha value is -1.57. The van der Waals surface area contributed by atoms with Crippen molar-refractivity contribution in [1.29, 1.82) is 0 Å². The summed E-state index contributed by atoms with van der Waals surface area (Å²) in [6.45, 7) is 4.03. The van der Waals surface area contributed by atoms with E-state index >= 15 is 0 Å². The lowest BCUT2D eigenvalue weighted by atomic mass is 10.0. The highest BCUT2D eigenvalue weighted by molar-refractivity contribution is 5.69. The van der Waals surface area contributed by atoms with E-state index in [1.165, 1.54) is 12.1 Å². The molecule has 23 heavy (non-hydrogen) atoms. The molecule has 1 saturated heterocycles. The molecule has 128 valence electrons. The van der Waals surface area contributed by atoms with E-state index in [-0.39, 0.29) is 18.7 Å². The summed E-state index contributed by atoms with van der Waals surface area (Å²) < 4.78 is 32.6. The standard InChI is InChI=1S/C16H22F2N2O3/c1-11(14-4-3-12(17)7-15(14)18)20-5-6-23-13(9-20)8-19(2)10-16(21)22/h3-4,7,11,13H,5-6,8-10H2,1-2H3,(H,21,22). The van der Waals surface area contributed by atoms with Crippen molar-refractivity contribution in [1.82, 2.24) is 9.80 Å². The van der Waals surface area contributed by atoms with Crippen molar-refractivity contribution in [2.24, 2.45) is 0 Å². The number of rotatable bonds is 6. The van der Waals surface area contributed by atoms with Crippen LogP contribution in [0.25, 0.3) is 0 Å². The van der Waals surface area contributed by atoms with Crippen molar-refractivity contribution in [3.05, 3.63) is 35.4 Å². The molecule has 7 heteroatoms. The van der Waals surface area contributed by atoms with Crippen LogP contribution in [0.3, 0.4) is 0 Å². The summed E-state index contributed by atoms with van der Waals surface area (Å²) in [5.41, 5.74) is 0.450. The van der Waals surface area contributed by atoms with Gasteiger partial charge in [-0.25, -0.2) is 8.78 Å². The number of hydrogen-bond acceptors (Lipinski definition) is 4. The average Bonchev–Trinajstić information content (AvgIpc) is 2.46. The number of aliphatic carboxylic acids is 1. The van der Waals surface area contributed by atoms with Gasteiger partial charge >= 0.3 is 5.97 Å². The third-order valence-electron chi connectivity index (χ3n) is 4.05. The molecule has 1 aromatic rings. The van der Waals surface area contributed by atoms with Crippen LogP contribution in [-0.4, -0.2) is 66.8 Å². The molecule has 0 radical (unpaired) electrons. The Morgan fingerprint density at radius 1 is 1.52 bits per heavy atom. The normalized spacial score (nSPS) is 20.7. The number of carbonyl (C=O) groups is 1. The molecule has 1 aliphatic heterocycles. The fraction of sp³-hybridized carbons (Fsp3) is 0.562. The minimum atomic E-state index is -0.887. The van der Waals surface area contributed by atoms with E-state index in [4.69, 9.17) is 9.84 Å². The number of halogens is 2. The molecule has 0 amide bonds. The fourth-order valence-electron chi connectivity index (χ4n) is 2.88. The molecule has 1 fully saturated rings. The molecule has 1 heterocycles. The lowest BCUT2D eigenvalue weighted by Crippen LogP contribution is -2.48. The predicted molar refractivity (Wildman–Crippen MR) is 81.2 cm³/mol. The van der Waals surface area contributed by atoms with E-state index in [0.717, 1.165) is 6.07 Å². The average molecular weight is 328 g/mol. The minimum Gasteiger partial charge on any atom is -0.480 e. The molecule has 1 N–H and O–H groups in total. The molecular weight excluding hydrogens is 306 g/mol. The van der Waals surface area contributed by atoms with E-state index < -0.39 is 17.6 Å². The maximum Gasteiger partial charge on any atom is 0.317 e. The Balaban J connectivity index is 1.98. The van der Waals surface area contributed by atoms with Crippen LogP contribution < -0.4 is 0 Å². The van der Waals surface area contributed by atoms with Gasteiger partial charge in [-0.15, -0.1) is 0 Å². The molecule has 0 spiro atoms.